The van der Waals surface area contributed by atoms with E-state index in [0.717, 1.165) is 0 Å². The summed E-state index contributed by atoms with van der Waals surface area (Å²) in [4.78, 5) is 9.27. The van der Waals surface area contributed by atoms with Gasteiger partial charge in [-0.1, -0.05) is 45.4 Å². The van der Waals surface area contributed by atoms with E-state index in [9.17, 15) is 9.90 Å². The van der Waals surface area contributed by atoms with Gasteiger partial charge < -0.3 is 20.0 Å². The second-order valence-electron chi connectivity index (χ2n) is 4.64. The van der Waals surface area contributed by atoms with Crippen molar-refractivity contribution in [1.29, 1.82) is 0 Å². The number of carboxylic acid groups (broad SMARTS) is 1. The highest BCUT2D eigenvalue weighted by Crippen LogP contribution is 2.07. The number of unbranched alkanes of at least 4 members (excludes halogenated alkanes) is 7. The Morgan fingerprint density at radius 3 is 1.84 bits per heavy atom. The van der Waals surface area contributed by atoms with Gasteiger partial charge in [0.15, 0.2) is 0 Å². The number of rotatable bonds is 11. The molecule has 2 N–H and O–H groups in total. The minimum absolute atomic E-state index is 0.169. The first-order valence-electron chi connectivity index (χ1n) is 7.84. The molecule has 0 bridgehead atoms. The summed E-state index contributed by atoms with van der Waals surface area (Å²) in [6, 6.07) is 0. The summed E-state index contributed by atoms with van der Waals surface area (Å²) in [6.07, 6.45) is 10.0. The summed E-state index contributed by atoms with van der Waals surface area (Å²) in [7, 11) is 0. The van der Waals surface area contributed by atoms with Crippen LogP contribution in [0.1, 0.15) is 72.1 Å². The van der Waals surface area contributed by atoms with Gasteiger partial charge in [0.05, 0.1) is 13.1 Å². The lowest BCUT2D eigenvalue weighted by Crippen LogP contribution is -2.83. The van der Waals surface area contributed by atoms with Crippen molar-refractivity contribution in [3.8, 4) is 0 Å². The molecule has 0 rings (SSSR count). The molecule has 0 spiro atoms. The number of carbonyl (C=O) groups is 1. The predicted molar refractivity (Wildman–Crippen MR) is 77.0 cm³/mol. The first kappa shape index (κ1) is 20.5. The highest BCUT2D eigenvalue weighted by atomic mass is 16.7. The molecule has 116 valence electrons. The standard InChI is InChI=1S/C12H27N.C3H6O3/c1-3-5-6-7-8-9-10-11-12-13-4-2;1-2-6-3(4)5/h13H,3-12H2,1-2H3;2H2,1H3,(H,4,5). The number of hydrogen-bond donors (Lipinski definition) is 1. The first-order chi connectivity index (χ1) is 9.18. The van der Waals surface area contributed by atoms with Crippen LogP contribution in [0.3, 0.4) is 0 Å². The molecule has 0 amide bonds. The second-order valence-corrected chi connectivity index (χ2v) is 4.64. The Balaban J connectivity index is 0. The summed E-state index contributed by atoms with van der Waals surface area (Å²) >= 11 is 0. The minimum atomic E-state index is -1.46. The number of quaternary nitrogens is 1. The molecule has 0 aromatic carbocycles. The van der Waals surface area contributed by atoms with Gasteiger partial charge >= 0.3 is 0 Å². The highest BCUT2D eigenvalue weighted by Gasteiger charge is 1.91. The molecule has 0 aliphatic rings. The zero-order valence-corrected chi connectivity index (χ0v) is 13.1. The van der Waals surface area contributed by atoms with Crippen molar-refractivity contribution < 1.29 is 20.0 Å². The van der Waals surface area contributed by atoms with E-state index in [0.29, 0.717) is 0 Å². The van der Waals surface area contributed by atoms with E-state index in [-0.39, 0.29) is 6.61 Å². The van der Waals surface area contributed by atoms with Crippen LogP contribution in [0.25, 0.3) is 0 Å². The normalized spacial score (nSPS) is 9.63. The van der Waals surface area contributed by atoms with Crippen molar-refractivity contribution >= 4 is 6.16 Å². The van der Waals surface area contributed by atoms with Crippen molar-refractivity contribution in [2.75, 3.05) is 19.7 Å². The van der Waals surface area contributed by atoms with E-state index in [1.165, 1.54) is 64.5 Å². The van der Waals surface area contributed by atoms with Gasteiger partial charge in [-0.2, -0.15) is 0 Å². The van der Waals surface area contributed by atoms with Crippen LogP contribution >= 0.6 is 0 Å². The number of ether oxygens (including phenoxy) is 1. The lowest BCUT2D eigenvalue weighted by atomic mass is 10.1. The zero-order valence-electron chi connectivity index (χ0n) is 13.1. The van der Waals surface area contributed by atoms with Crippen molar-refractivity contribution in [3.63, 3.8) is 0 Å². The number of nitrogens with two attached hydrogens (primary N) is 1. The molecular weight excluding hydrogens is 242 g/mol. The van der Waals surface area contributed by atoms with Crippen LogP contribution in [-0.4, -0.2) is 25.9 Å². The van der Waals surface area contributed by atoms with E-state index in [1.807, 2.05) is 0 Å². The van der Waals surface area contributed by atoms with Gasteiger partial charge in [0, 0.05) is 6.61 Å². The van der Waals surface area contributed by atoms with Crippen molar-refractivity contribution in [1.82, 2.24) is 0 Å². The molecule has 0 saturated heterocycles. The maximum absolute atomic E-state index is 9.27. The Labute approximate surface area is 118 Å². The number of carbonyl (C=O) groups excluding carboxylic acids is 1. The summed E-state index contributed by atoms with van der Waals surface area (Å²) < 4.78 is 3.85. The van der Waals surface area contributed by atoms with Gasteiger partial charge in [0.1, 0.15) is 0 Å². The molecular formula is C15H33NO3. The Bertz CT molecular complexity index is 165. The van der Waals surface area contributed by atoms with Gasteiger partial charge in [0.25, 0.3) is 6.16 Å². The first-order valence-corrected chi connectivity index (χ1v) is 7.84. The monoisotopic (exact) mass is 275 g/mol. The molecule has 0 atom stereocenters. The van der Waals surface area contributed by atoms with Gasteiger partial charge in [-0.3, -0.25) is 0 Å². The van der Waals surface area contributed by atoms with E-state index < -0.39 is 6.16 Å². The second kappa shape index (κ2) is 19.6. The third-order valence-electron chi connectivity index (χ3n) is 2.81. The molecule has 0 aromatic rings. The Morgan fingerprint density at radius 1 is 0.947 bits per heavy atom. The summed E-state index contributed by atoms with van der Waals surface area (Å²) in [5.41, 5.74) is 0. The molecule has 0 fully saturated rings. The highest BCUT2D eigenvalue weighted by molar-refractivity contribution is 5.53. The van der Waals surface area contributed by atoms with Crippen molar-refractivity contribution in [2.45, 2.75) is 72.1 Å². The fourth-order valence-electron chi connectivity index (χ4n) is 1.74. The van der Waals surface area contributed by atoms with Crippen LogP contribution in [0, 0.1) is 0 Å². The van der Waals surface area contributed by atoms with Crippen molar-refractivity contribution in [3.05, 3.63) is 0 Å². The smallest absolute Gasteiger partial charge is 0.251 e. The summed E-state index contributed by atoms with van der Waals surface area (Å²) in [6.45, 7) is 8.84. The van der Waals surface area contributed by atoms with Crippen LogP contribution < -0.4 is 10.4 Å². The maximum atomic E-state index is 9.27. The summed E-state index contributed by atoms with van der Waals surface area (Å²) in [5.74, 6) is 0. The molecule has 0 heterocycles. The van der Waals surface area contributed by atoms with Crippen molar-refractivity contribution in [2.24, 2.45) is 0 Å². The quantitative estimate of drug-likeness (QED) is 0.464. The third kappa shape index (κ3) is 26.7. The molecule has 0 saturated carbocycles. The van der Waals surface area contributed by atoms with E-state index in [2.05, 4.69) is 23.9 Å². The molecule has 0 radical (unpaired) electrons. The minimum Gasteiger partial charge on any atom is -0.550 e. The maximum Gasteiger partial charge on any atom is 0.251 e. The lowest BCUT2D eigenvalue weighted by Gasteiger charge is -2.00. The molecule has 0 aliphatic heterocycles. The average molecular weight is 275 g/mol. The van der Waals surface area contributed by atoms with Crippen LogP contribution in [0.2, 0.25) is 0 Å². The Morgan fingerprint density at radius 2 is 1.47 bits per heavy atom. The molecule has 0 aliphatic carbocycles. The van der Waals surface area contributed by atoms with Gasteiger partial charge in [0.2, 0.25) is 0 Å². The molecule has 0 unspecified atom stereocenters. The topological polar surface area (TPSA) is 66.0 Å². The molecule has 0 aromatic heterocycles. The number of hydrogen-bond acceptors (Lipinski definition) is 3. The van der Waals surface area contributed by atoms with E-state index >= 15 is 0 Å². The summed E-state index contributed by atoms with van der Waals surface area (Å²) in [5, 5.41) is 11.7. The fraction of sp³-hybridized carbons (Fsp3) is 0.933. The van der Waals surface area contributed by atoms with Crippen LogP contribution in [-0.2, 0) is 4.74 Å². The lowest BCUT2D eigenvalue weighted by molar-refractivity contribution is -0.652. The van der Waals surface area contributed by atoms with Crippen LogP contribution in [0.4, 0.5) is 4.79 Å². The molecule has 4 heteroatoms. The van der Waals surface area contributed by atoms with E-state index in [4.69, 9.17) is 0 Å². The Kier molecular flexibility index (Phi) is 21.2. The predicted octanol–water partition coefficient (Wildman–Crippen LogP) is 2.08. The zero-order chi connectivity index (χ0) is 14.8. The third-order valence-corrected chi connectivity index (χ3v) is 2.81. The Hall–Kier alpha value is -0.770. The van der Waals surface area contributed by atoms with Gasteiger partial charge in [-0.25, -0.2) is 0 Å². The van der Waals surface area contributed by atoms with Gasteiger partial charge in [-0.05, 0) is 26.7 Å². The fourth-order valence-corrected chi connectivity index (χ4v) is 1.74. The molecule has 19 heavy (non-hydrogen) atoms. The van der Waals surface area contributed by atoms with E-state index in [1.54, 1.807) is 6.92 Å². The molecule has 4 nitrogen and oxygen atoms in total. The van der Waals surface area contributed by atoms with Gasteiger partial charge in [-0.15, -0.1) is 0 Å². The average Bonchev–Trinajstić information content (AvgIpc) is 2.37. The van der Waals surface area contributed by atoms with Crippen LogP contribution in [0.15, 0.2) is 0 Å². The van der Waals surface area contributed by atoms with Crippen LogP contribution in [0.5, 0.6) is 0 Å². The largest absolute Gasteiger partial charge is 0.550 e. The SMILES string of the molecule is CCCCCCCCCC[NH2+]CC.CCOC(=O)[O-].